The van der Waals surface area contributed by atoms with E-state index in [0.717, 1.165) is 37.7 Å². The molecule has 0 bridgehead atoms. The van der Waals surface area contributed by atoms with Gasteiger partial charge in [0.1, 0.15) is 6.26 Å². The van der Waals surface area contributed by atoms with E-state index in [0.29, 0.717) is 6.54 Å². The van der Waals surface area contributed by atoms with Gasteiger partial charge in [0.2, 0.25) is 0 Å². The summed E-state index contributed by atoms with van der Waals surface area (Å²) >= 11 is 0. The zero-order valence-electron chi connectivity index (χ0n) is 11.3. The van der Waals surface area contributed by atoms with Crippen LogP contribution in [-0.4, -0.2) is 32.8 Å². The van der Waals surface area contributed by atoms with Crippen LogP contribution < -0.4 is 0 Å². The minimum atomic E-state index is -4.38. The monoisotopic (exact) mass is 300 g/mol. The number of hydrogen-bond acceptors (Lipinski definition) is 4. The Kier molecular flexibility index (Phi) is 3.71. The summed E-state index contributed by atoms with van der Waals surface area (Å²) in [5.41, 5.74) is 0.0411. The number of rotatable bonds is 3. The van der Waals surface area contributed by atoms with E-state index >= 15 is 0 Å². The van der Waals surface area contributed by atoms with Gasteiger partial charge in [-0.3, -0.25) is 9.58 Å². The predicted octanol–water partition coefficient (Wildman–Crippen LogP) is 2.73. The number of halogens is 3. The summed E-state index contributed by atoms with van der Waals surface area (Å²) in [7, 11) is 0. The summed E-state index contributed by atoms with van der Waals surface area (Å²) in [5, 5.41) is 3.65. The maximum absolute atomic E-state index is 12.5. The van der Waals surface area contributed by atoms with Crippen molar-refractivity contribution >= 4 is 0 Å². The van der Waals surface area contributed by atoms with Crippen LogP contribution in [0.15, 0.2) is 29.3 Å². The molecule has 0 spiro atoms. The summed E-state index contributed by atoms with van der Waals surface area (Å²) in [6.45, 7) is 2.31. The van der Waals surface area contributed by atoms with Crippen LogP contribution in [0.25, 0.3) is 0 Å². The quantitative estimate of drug-likeness (QED) is 0.874. The summed E-state index contributed by atoms with van der Waals surface area (Å²) in [6.07, 6.45) is 1.59. The first-order chi connectivity index (χ1) is 10.0. The fourth-order valence-electron chi connectivity index (χ4n) is 2.58. The van der Waals surface area contributed by atoms with Gasteiger partial charge in [-0.15, -0.1) is 0 Å². The third-order valence-corrected chi connectivity index (χ3v) is 3.70. The molecule has 1 fully saturated rings. The highest BCUT2D eigenvalue weighted by atomic mass is 19.4. The van der Waals surface area contributed by atoms with Gasteiger partial charge in [-0.1, -0.05) is 0 Å². The minimum absolute atomic E-state index is 0.0228. The van der Waals surface area contributed by atoms with Crippen molar-refractivity contribution in [2.75, 3.05) is 13.1 Å². The summed E-state index contributed by atoms with van der Waals surface area (Å²) < 4.78 is 44.0. The topological polar surface area (TPSA) is 47.1 Å². The van der Waals surface area contributed by atoms with Crippen molar-refractivity contribution in [2.45, 2.75) is 31.6 Å². The molecule has 2 aromatic heterocycles. The average molecular weight is 300 g/mol. The molecule has 8 heteroatoms. The highest BCUT2D eigenvalue weighted by molar-refractivity contribution is 5.04. The molecule has 114 valence electrons. The lowest BCUT2D eigenvalue weighted by Gasteiger charge is -2.31. The zero-order chi connectivity index (χ0) is 14.9. The second kappa shape index (κ2) is 5.51. The number of hydrogen-bond donors (Lipinski definition) is 0. The summed E-state index contributed by atoms with van der Waals surface area (Å²) in [6, 6.07) is 1.05. The Morgan fingerprint density at radius 2 is 2.05 bits per heavy atom. The molecule has 0 aliphatic carbocycles. The molecule has 3 rings (SSSR count). The summed E-state index contributed by atoms with van der Waals surface area (Å²) in [4.78, 5) is 6.28. The third kappa shape index (κ3) is 3.26. The van der Waals surface area contributed by atoms with Gasteiger partial charge in [-0.2, -0.15) is 18.3 Å². The third-order valence-electron chi connectivity index (χ3n) is 3.70. The number of nitrogens with zero attached hydrogens (tertiary/aromatic N) is 4. The lowest BCUT2D eigenvalue weighted by atomic mass is 10.1. The Labute approximate surface area is 119 Å². The van der Waals surface area contributed by atoms with E-state index in [1.54, 1.807) is 6.26 Å². The van der Waals surface area contributed by atoms with Gasteiger partial charge < -0.3 is 4.42 Å². The fraction of sp³-hybridized carbons (Fsp3) is 0.538. The molecule has 0 aromatic carbocycles. The van der Waals surface area contributed by atoms with Crippen molar-refractivity contribution < 1.29 is 17.6 Å². The van der Waals surface area contributed by atoms with E-state index in [2.05, 4.69) is 15.0 Å². The average Bonchev–Trinajstić information content (AvgIpc) is 3.09. The van der Waals surface area contributed by atoms with Crippen LogP contribution in [0.3, 0.4) is 0 Å². The number of alkyl halides is 3. The largest absolute Gasteiger partial charge is 0.451 e. The normalized spacial score (nSPS) is 18.2. The Morgan fingerprint density at radius 1 is 1.29 bits per heavy atom. The molecule has 21 heavy (non-hydrogen) atoms. The van der Waals surface area contributed by atoms with E-state index in [1.165, 1.54) is 17.3 Å². The minimum Gasteiger partial charge on any atom is -0.451 e. The maximum atomic E-state index is 12.5. The molecule has 3 heterocycles. The van der Waals surface area contributed by atoms with Crippen molar-refractivity contribution in [3.63, 3.8) is 0 Å². The van der Waals surface area contributed by atoms with Crippen molar-refractivity contribution in [1.29, 1.82) is 0 Å². The number of aromatic nitrogens is 3. The smallest absolute Gasteiger partial charge is 0.435 e. The molecule has 2 aromatic rings. The highest BCUT2D eigenvalue weighted by Crippen LogP contribution is 2.29. The molecule has 0 radical (unpaired) electrons. The van der Waals surface area contributed by atoms with Gasteiger partial charge in [-0.05, 0) is 18.9 Å². The predicted molar refractivity (Wildman–Crippen MR) is 67.3 cm³/mol. The van der Waals surface area contributed by atoms with E-state index < -0.39 is 11.9 Å². The number of likely N-dealkylation sites (tertiary alicyclic amines) is 1. The molecular weight excluding hydrogens is 285 g/mol. The van der Waals surface area contributed by atoms with E-state index in [-0.39, 0.29) is 6.04 Å². The maximum Gasteiger partial charge on any atom is 0.435 e. The highest BCUT2D eigenvalue weighted by Gasteiger charge is 2.34. The Hall–Kier alpha value is -1.83. The van der Waals surface area contributed by atoms with Crippen LogP contribution in [0.4, 0.5) is 13.2 Å². The van der Waals surface area contributed by atoms with Crippen LogP contribution in [0.1, 0.15) is 30.3 Å². The molecule has 1 aliphatic rings. The number of piperidine rings is 1. The van der Waals surface area contributed by atoms with Crippen molar-refractivity contribution in [1.82, 2.24) is 19.7 Å². The first kappa shape index (κ1) is 14.1. The standard InChI is InChI=1S/C13H15F3N4O/c14-13(15,16)12-3-6-20(18-12)11-1-4-19(5-2-11)7-10-8-21-9-17-10/h3,6,8-9,11H,1-2,4-5,7H2. The molecule has 0 atom stereocenters. The van der Waals surface area contributed by atoms with Gasteiger partial charge in [0.05, 0.1) is 11.7 Å². The van der Waals surface area contributed by atoms with Gasteiger partial charge >= 0.3 is 6.18 Å². The van der Waals surface area contributed by atoms with Gasteiger partial charge in [0, 0.05) is 25.8 Å². The second-order valence-electron chi connectivity index (χ2n) is 5.17. The summed E-state index contributed by atoms with van der Waals surface area (Å²) in [5.74, 6) is 0. The molecular formula is C13H15F3N4O. The second-order valence-corrected chi connectivity index (χ2v) is 5.17. The molecule has 5 nitrogen and oxygen atoms in total. The number of oxazole rings is 1. The first-order valence-electron chi connectivity index (χ1n) is 6.74. The molecule has 1 saturated heterocycles. The van der Waals surface area contributed by atoms with Crippen molar-refractivity contribution in [3.05, 3.63) is 36.3 Å². The zero-order valence-corrected chi connectivity index (χ0v) is 11.3. The van der Waals surface area contributed by atoms with Crippen LogP contribution >= 0.6 is 0 Å². The molecule has 0 saturated carbocycles. The van der Waals surface area contributed by atoms with Gasteiger partial charge in [-0.25, -0.2) is 4.98 Å². The molecule has 0 N–H and O–H groups in total. The lowest BCUT2D eigenvalue weighted by Crippen LogP contribution is -2.34. The fourth-order valence-corrected chi connectivity index (χ4v) is 2.58. The SMILES string of the molecule is FC(F)(F)c1ccn(C2CCN(Cc3cocn3)CC2)n1. The van der Waals surface area contributed by atoms with Crippen LogP contribution in [0, 0.1) is 0 Å². The van der Waals surface area contributed by atoms with Gasteiger partial charge in [0.25, 0.3) is 0 Å². The molecule has 0 amide bonds. The van der Waals surface area contributed by atoms with Gasteiger partial charge in [0.15, 0.2) is 12.1 Å². The van der Waals surface area contributed by atoms with Crippen molar-refractivity contribution in [2.24, 2.45) is 0 Å². The molecule has 0 unspecified atom stereocenters. The Balaban J connectivity index is 1.57. The van der Waals surface area contributed by atoms with E-state index in [1.807, 2.05) is 0 Å². The molecule has 1 aliphatic heterocycles. The Morgan fingerprint density at radius 3 is 2.62 bits per heavy atom. The Bertz CT molecular complexity index is 571. The van der Waals surface area contributed by atoms with E-state index in [9.17, 15) is 13.2 Å². The lowest BCUT2D eigenvalue weighted by molar-refractivity contribution is -0.141. The van der Waals surface area contributed by atoms with Crippen molar-refractivity contribution in [3.8, 4) is 0 Å². The van der Waals surface area contributed by atoms with Crippen LogP contribution in [-0.2, 0) is 12.7 Å². The van der Waals surface area contributed by atoms with Crippen LogP contribution in [0.5, 0.6) is 0 Å². The first-order valence-corrected chi connectivity index (χ1v) is 6.74. The van der Waals surface area contributed by atoms with E-state index in [4.69, 9.17) is 4.42 Å². The van der Waals surface area contributed by atoms with Crippen LogP contribution in [0.2, 0.25) is 0 Å².